The topological polar surface area (TPSA) is 88.3 Å². The molecule has 2 N–H and O–H groups in total. The summed E-state index contributed by atoms with van der Waals surface area (Å²) in [6, 6.07) is 0.304. The molecule has 0 radical (unpaired) electrons. The van der Waals surface area contributed by atoms with E-state index in [0.29, 0.717) is 30.9 Å². The largest absolute Gasteiger partial charge is 0.485 e. The van der Waals surface area contributed by atoms with Crippen LogP contribution in [0.4, 0.5) is 5.82 Å². The van der Waals surface area contributed by atoms with Gasteiger partial charge in [-0.25, -0.2) is 4.98 Å². The van der Waals surface area contributed by atoms with Gasteiger partial charge in [-0.15, -0.1) is 9.78 Å². The Labute approximate surface area is 90.8 Å². The number of fused-ring (bicyclic) bond motifs is 1. The molecule has 0 spiro atoms. The van der Waals surface area contributed by atoms with Gasteiger partial charge >= 0.3 is 6.01 Å². The Morgan fingerprint density at radius 3 is 3.00 bits per heavy atom. The van der Waals surface area contributed by atoms with E-state index >= 15 is 0 Å². The van der Waals surface area contributed by atoms with Gasteiger partial charge in [0.25, 0.3) is 5.88 Å². The molecule has 0 saturated heterocycles. The van der Waals surface area contributed by atoms with Crippen LogP contribution in [0.25, 0.3) is 6.01 Å². The first-order chi connectivity index (χ1) is 7.86. The van der Waals surface area contributed by atoms with Gasteiger partial charge in [-0.1, -0.05) is 0 Å². The highest BCUT2D eigenvalue weighted by molar-refractivity contribution is 5.55. The highest BCUT2D eigenvalue weighted by Gasteiger charge is 2.24. The summed E-state index contributed by atoms with van der Waals surface area (Å²) in [6.07, 6.45) is 3.79. The molecule has 2 aromatic heterocycles. The Morgan fingerprint density at radius 2 is 2.19 bits per heavy atom. The lowest BCUT2D eigenvalue weighted by molar-refractivity contribution is 0.282. The number of ether oxygens (including phenoxy) is 2. The van der Waals surface area contributed by atoms with E-state index in [1.807, 2.05) is 0 Å². The zero-order chi connectivity index (χ0) is 11.0. The van der Waals surface area contributed by atoms with Gasteiger partial charge < -0.3 is 19.6 Å². The molecule has 0 fully saturated rings. The van der Waals surface area contributed by atoms with Crippen molar-refractivity contribution in [2.45, 2.75) is 6.42 Å². The van der Waals surface area contributed by atoms with Crippen LogP contribution in [0.3, 0.4) is 0 Å². The number of aromatic nitrogens is 3. The van der Waals surface area contributed by atoms with Crippen molar-refractivity contribution in [1.82, 2.24) is 14.8 Å². The predicted octanol–water partition coefficient (Wildman–Crippen LogP) is 0.604. The molecule has 0 aromatic carbocycles. The standard InChI is InChI=1S/C9H10N4O3/c10-7-6-8(15-4-1-3-14-6)13(12-7)9-11-2-5-16-9/h2,5H,1,3-4H2,(H2,10,12). The minimum atomic E-state index is 0.273. The van der Waals surface area contributed by atoms with Gasteiger partial charge in [0.15, 0.2) is 5.82 Å². The van der Waals surface area contributed by atoms with Gasteiger partial charge in [-0.2, -0.15) is 0 Å². The summed E-state index contributed by atoms with van der Waals surface area (Å²) in [7, 11) is 0. The highest BCUT2D eigenvalue weighted by Crippen LogP contribution is 2.36. The molecule has 0 unspecified atom stereocenters. The Balaban J connectivity index is 2.13. The molecular weight excluding hydrogens is 212 g/mol. The molecule has 1 aliphatic heterocycles. The summed E-state index contributed by atoms with van der Waals surface area (Å²) in [4.78, 5) is 3.98. The fraction of sp³-hybridized carbons (Fsp3) is 0.333. The van der Waals surface area contributed by atoms with Crippen molar-refractivity contribution in [2.24, 2.45) is 0 Å². The molecule has 0 aliphatic carbocycles. The fourth-order valence-electron chi connectivity index (χ4n) is 1.52. The van der Waals surface area contributed by atoms with Crippen LogP contribution in [0.1, 0.15) is 6.42 Å². The van der Waals surface area contributed by atoms with Crippen LogP contribution in [-0.2, 0) is 0 Å². The molecule has 84 valence electrons. The zero-order valence-electron chi connectivity index (χ0n) is 8.42. The van der Waals surface area contributed by atoms with Crippen molar-refractivity contribution >= 4 is 5.82 Å². The van der Waals surface area contributed by atoms with Crippen LogP contribution in [0, 0.1) is 0 Å². The Morgan fingerprint density at radius 1 is 1.31 bits per heavy atom. The molecule has 1 aliphatic rings. The van der Waals surface area contributed by atoms with Gasteiger partial charge in [0.05, 0.1) is 19.4 Å². The summed E-state index contributed by atoms with van der Waals surface area (Å²) in [5.74, 6) is 1.17. The number of nitrogens with zero attached hydrogens (tertiary/aromatic N) is 3. The predicted molar refractivity (Wildman–Crippen MR) is 53.6 cm³/mol. The van der Waals surface area contributed by atoms with Gasteiger partial charge in [0, 0.05) is 6.42 Å². The Kier molecular flexibility index (Phi) is 1.95. The maximum atomic E-state index is 5.73. The quantitative estimate of drug-likeness (QED) is 0.760. The average molecular weight is 222 g/mol. The maximum Gasteiger partial charge on any atom is 0.326 e. The first-order valence-electron chi connectivity index (χ1n) is 4.90. The van der Waals surface area contributed by atoms with Crippen molar-refractivity contribution in [1.29, 1.82) is 0 Å². The number of nitrogens with two attached hydrogens (primary N) is 1. The van der Waals surface area contributed by atoms with E-state index in [-0.39, 0.29) is 5.82 Å². The minimum absolute atomic E-state index is 0.273. The second-order valence-corrected chi connectivity index (χ2v) is 3.30. The first kappa shape index (κ1) is 9.08. The molecule has 0 saturated carbocycles. The number of hydrogen-bond acceptors (Lipinski definition) is 6. The SMILES string of the molecule is Nc1nn(-c2ncco2)c2c1OCCCO2. The Bertz CT molecular complexity index is 491. The van der Waals surface area contributed by atoms with Crippen LogP contribution in [-0.4, -0.2) is 28.0 Å². The van der Waals surface area contributed by atoms with Gasteiger partial charge in [0.1, 0.15) is 6.26 Å². The number of anilines is 1. The third-order valence-electron chi connectivity index (χ3n) is 2.20. The third kappa shape index (κ3) is 1.28. The molecule has 16 heavy (non-hydrogen) atoms. The second-order valence-electron chi connectivity index (χ2n) is 3.30. The number of rotatable bonds is 1. The van der Waals surface area contributed by atoms with Crippen molar-refractivity contribution in [3.8, 4) is 17.6 Å². The van der Waals surface area contributed by atoms with Crippen molar-refractivity contribution in [2.75, 3.05) is 18.9 Å². The molecule has 2 aromatic rings. The smallest absolute Gasteiger partial charge is 0.326 e. The molecule has 7 heteroatoms. The molecule has 7 nitrogen and oxygen atoms in total. The van der Waals surface area contributed by atoms with E-state index in [2.05, 4.69) is 10.1 Å². The number of hydrogen-bond donors (Lipinski definition) is 1. The summed E-state index contributed by atoms with van der Waals surface area (Å²) < 4.78 is 17.5. The van der Waals surface area contributed by atoms with Crippen LogP contribution in [0.2, 0.25) is 0 Å². The third-order valence-corrected chi connectivity index (χ3v) is 2.20. The van der Waals surface area contributed by atoms with E-state index in [9.17, 15) is 0 Å². The molecule has 0 atom stereocenters. The van der Waals surface area contributed by atoms with Crippen molar-refractivity contribution in [3.05, 3.63) is 12.5 Å². The van der Waals surface area contributed by atoms with E-state index < -0.39 is 0 Å². The summed E-state index contributed by atoms with van der Waals surface area (Å²) in [6.45, 7) is 1.12. The highest BCUT2D eigenvalue weighted by atomic mass is 16.5. The fourth-order valence-corrected chi connectivity index (χ4v) is 1.52. The van der Waals surface area contributed by atoms with Crippen molar-refractivity contribution in [3.63, 3.8) is 0 Å². The molecule has 0 amide bonds. The average Bonchev–Trinajstić information content (AvgIpc) is 2.82. The lowest BCUT2D eigenvalue weighted by atomic mass is 10.5. The normalized spacial score (nSPS) is 14.8. The summed E-state index contributed by atoms with van der Waals surface area (Å²) in [5, 5.41) is 4.06. The van der Waals surface area contributed by atoms with Gasteiger partial charge in [-0.05, 0) is 0 Å². The van der Waals surface area contributed by atoms with E-state index in [4.69, 9.17) is 19.6 Å². The monoisotopic (exact) mass is 222 g/mol. The van der Waals surface area contributed by atoms with E-state index in [0.717, 1.165) is 6.42 Å². The maximum absolute atomic E-state index is 5.73. The summed E-state index contributed by atoms with van der Waals surface area (Å²) in [5.41, 5.74) is 5.73. The number of oxazole rings is 1. The molecule has 3 rings (SSSR count). The van der Waals surface area contributed by atoms with Gasteiger partial charge in [0.2, 0.25) is 5.75 Å². The molecule has 0 bridgehead atoms. The lowest BCUT2D eigenvalue weighted by Crippen LogP contribution is -2.04. The first-order valence-corrected chi connectivity index (χ1v) is 4.90. The van der Waals surface area contributed by atoms with Gasteiger partial charge in [-0.3, -0.25) is 0 Å². The van der Waals surface area contributed by atoms with Crippen LogP contribution < -0.4 is 15.2 Å². The van der Waals surface area contributed by atoms with E-state index in [1.54, 1.807) is 0 Å². The zero-order valence-corrected chi connectivity index (χ0v) is 8.42. The van der Waals surface area contributed by atoms with Crippen LogP contribution in [0.5, 0.6) is 11.6 Å². The molecular formula is C9H10N4O3. The Hall–Kier alpha value is -2.18. The van der Waals surface area contributed by atoms with Crippen molar-refractivity contribution < 1.29 is 13.9 Å². The van der Waals surface area contributed by atoms with Crippen LogP contribution >= 0.6 is 0 Å². The van der Waals surface area contributed by atoms with Crippen LogP contribution in [0.15, 0.2) is 16.9 Å². The lowest BCUT2D eigenvalue weighted by Gasteiger charge is -2.02. The second kappa shape index (κ2) is 3.44. The number of nitrogen functional groups attached to an aromatic ring is 1. The summed E-state index contributed by atoms with van der Waals surface area (Å²) >= 11 is 0. The van der Waals surface area contributed by atoms with E-state index in [1.165, 1.54) is 17.1 Å². The minimum Gasteiger partial charge on any atom is -0.485 e. The molecule has 3 heterocycles.